The Hall–Kier alpha value is -1.27. The highest BCUT2D eigenvalue weighted by atomic mass is 32.2. The van der Waals surface area contributed by atoms with Crippen LogP contribution in [0.4, 0.5) is 4.79 Å². The third kappa shape index (κ3) is 1.23. The molecule has 2 heterocycles. The van der Waals surface area contributed by atoms with Crippen molar-refractivity contribution in [3.05, 3.63) is 21.9 Å². The van der Waals surface area contributed by atoms with Crippen molar-refractivity contribution in [2.75, 3.05) is 0 Å². The molecule has 0 radical (unpaired) electrons. The van der Waals surface area contributed by atoms with E-state index in [0.29, 0.717) is 9.77 Å². The van der Waals surface area contributed by atoms with E-state index in [1.807, 2.05) is 0 Å². The van der Waals surface area contributed by atoms with Gasteiger partial charge in [-0.1, -0.05) is 10.9 Å². The van der Waals surface area contributed by atoms with Crippen LogP contribution in [-0.4, -0.2) is 21.5 Å². The number of thiophene rings is 1. The van der Waals surface area contributed by atoms with E-state index in [1.165, 1.54) is 16.7 Å². The summed E-state index contributed by atoms with van der Waals surface area (Å²) in [6.07, 6.45) is 1.59. The Morgan fingerprint density at radius 1 is 1.36 bits per heavy atom. The summed E-state index contributed by atoms with van der Waals surface area (Å²) in [5.74, 6) is -1.01. The average Bonchev–Trinajstić information content (AvgIpc) is 2.59. The molecule has 0 fully saturated rings. The van der Waals surface area contributed by atoms with Crippen LogP contribution in [0, 0.1) is 0 Å². The first-order valence-electron chi connectivity index (χ1n) is 3.66. The summed E-state index contributed by atoms with van der Waals surface area (Å²) in [5, 5.41) is 19.8. The van der Waals surface area contributed by atoms with Crippen LogP contribution in [0.2, 0.25) is 0 Å². The van der Waals surface area contributed by atoms with Crippen molar-refractivity contribution in [1.82, 2.24) is 0 Å². The van der Waals surface area contributed by atoms with Crippen LogP contribution in [-0.2, 0) is 0 Å². The van der Waals surface area contributed by atoms with Crippen LogP contribution in [0.25, 0.3) is 6.08 Å². The summed E-state index contributed by atoms with van der Waals surface area (Å²) >= 11 is 1.21. The number of hydrogen-bond donors (Lipinski definition) is 3. The lowest BCUT2D eigenvalue weighted by Gasteiger charge is -2.04. The van der Waals surface area contributed by atoms with Gasteiger partial charge in [-0.25, -0.2) is 9.59 Å². The normalized spacial score (nSPS) is 20.7. The zero-order valence-corrected chi connectivity index (χ0v) is 8.51. The van der Waals surface area contributed by atoms with Crippen molar-refractivity contribution in [1.29, 1.82) is 0 Å². The molecule has 1 aromatic heterocycles. The molecule has 1 atom stereocenters. The summed E-state index contributed by atoms with van der Waals surface area (Å²) in [5.41, 5.74) is 0.767. The minimum absolute atomic E-state index is 0.201. The van der Waals surface area contributed by atoms with Gasteiger partial charge in [0.1, 0.15) is 0 Å². The number of aromatic carboxylic acids is 1. The van der Waals surface area contributed by atoms with Gasteiger partial charge in [0, 0.05) is 10.9 Å². The quantitative estimate of drug-likeness (QED) is 0.648. The molecule has 4 nitrogen and oxygen atoms in total. The molecular formula is C8H6O4S2. The molecule has 1 unspecified atom stereocenters. The molecule has 74 valence electrons. The van der Waals surface area contributed by atoms with Crippen molar-refractivity contribution >= 4 is 39.6 Å². The maximum absolute atomic E-state index is 10.8. The van der Waals surface area contributed by atoms with Crippen LogP contribution < -0.4 is 0 Å². The third-order valence-electron chi connectivity index (χ3n) is 1.85. The van der Waals surface area contributed by atoms with Crippen molar-refractivity contribution in [3.63, 3.8) is 0 Å². The molecule has 6 heteroatoms. The van der Waals surface area contributed by atoms with Crippen LogP contribution in [0.1, 0.15) is 15.9 Å². The molecule has 1 aliphatic heterocycles. The first-order chi connectivity index (χ1) is 6.61. The zero-order valence-electron chi connectivity index (χ0n) is 6.80. The van der Waals surface area contributed by atoms with Gasteiger partial charge in [-0.15, -0.1) is 11.3 Å². The van der Waals surface area contributed by atoms with E-state index in [9.17, 15) is 9.59 Å². The van der Waals surface area contributed by atoms with Gasteiger partial charge in [0.05, 0.1) is 9.77 Å². The second-order valence-corrected chi connectivity index (χ2v) is 5.69. The largest absolute Gasteiger partial charge is 0.478 e. The smallest absolute Gasteiger partial charge is 0.352 e. The van der Waals surface area contributed by atoms with Gasteiger partial charge in [-0.3, -0.25) is 0 Å². The number of carboxylic acid groups (broad SMARTS) is 2. The van der Waals surface area contributed by atoms with E-state index in [0.717, 1.165) is 0 Å². The Bertz CT molecular complexity index is 446. The highest BCUT2D eigenvalue weighted by Crippen LogP contribution is 2.50. The number of carbonyl (C=O) groups is 2. The maximum atomic E-state index is 10.8. The highest BCUT2D eigenvalue weighted by molar-refractivity contribution is 8.33. The molecule has 2 rings (SSSR count). The Morgan fingerprint density at radius 3 is 2.64 bits per heavy atom. The fraction of sp³-hybridized carbons (Fsp3) is 0. The number of hydrogen-bond acceptors (Lipinski definition) is 3. The second-order valence-electron chi connectivity index (χ2n) is 2.64. The fourth-order valence-electron chi connectivity index (χ4n) is 1.24. The number of rotatable bonds is 1. The predicted molar refractivity (Wildman–Crippen MR) is 55.6 cm³/mol. The van der Waals surface area contributed by atoms with Gasteiger partial charge in [0.2, 0.25) is 0 Å². The van der Waals surface area contributed by atoms with E-state index >= 15 is 0 Å². The minimum Gasteiger partial charge on any atom is -0.478 e. The first-order valence-corrected chi connectivity index (χ1v) is 5.95. The fourth-order valence-corrected chi connectivity index (χ4v) is 4.22. The molecule has 14 heavy (non-hydrogen) atoms. The first kappa shape index (κ1) is 9.29. The summed E-state index contributed by atoms with van der Waals surface area (Å²) in [7, 11) is -1.33. The minimum atomic E-state index is -1.33. The average molecular weight is 230 g/mol. The Morgan fingerprint density at radius 2 is 2.07 bits per heavy atom. The molecule has 0 amide bonds. The number of carboxylic acids is 1. The SMILES string of the molecule is O=C(O)c1csc2c1C=C[SH]2C(=O)O. The van der Waals surface area contributed by atoms with Gasteiger partial charge in [-0.05, 0) is 11.5 Å². The molecule has 2 N–H and O–H groups in total. The molecule has 0 saturated heterocycles. The van der Waals surface area contributed by atoms with Crippen molar-refractivity contribution in [2.45, 2.75) is 4.21 Å². The molecular weight excluding hydrogens is 224 g/mol. The van der Waals surface area contributed by atoms with Crippen LogP contribution >= 0.6 is 22.2 Å². The van der Waals surface area contributed by atoms with Crippen LogP contribution in [0.15, 0.2) is 15.0 Å². The van der Waals surface area contributed by atoms with Gasteiger partial charge in [-0.2, -0.15) is 0 Å². The molecule has 1 aliphatic rings. The van der Waals surface area contributed by atoms with E-state index in [4.69, 9.17) is 10.2 Å². The molecule has 0 saturated carbocycles. The van der Waals surface area contributed by atoms with Gasteiger partial charge in [0.15, 0.2) is 0 Å². The Labute approximate surface area is 85.8 Å². The lowest BCUT2D eigenvalue weighted by molar-refractivity contribution is 0.0697. The van der Waals surface area contributed by atoms with Crippen LogP contribution in [0.3, 0.4) is 0 Å². The monoisotopic (exact) mass is 230 g/mol. The highest BCUT2D eigenvalue weighted by Gasteiger charge is 2.26. The topological polar surface area (TPSA) is 74.6 Å². The standard InChI is InChI=1S/C8H6O4S2/c9-6(10)5-3-13-7-4(5)1-2-14(7)8(11)12/h1-3,14H,(H,9,10)(H,11,12). The number of fused-ring (bicyclic) bond motifs is 1. The van der Waals surface area contributed by atoms with Crippen molar-refractivity contribution < 1.29 is 19.8 Å². The van der Waals surface area contributed by atoms with Gasteiger partial charge < -0.3 is 10.2 Å². The predicted octanol–water partition coefficient (Wildman–Crippen LogP) is 2.47. The van der Waals surface area contributed by atoms with Crippen molar-refractivity contribution in [3.8, 4) is 0 Å². The summed E-state index contributed by atoms with van der Waals surface area (Å²) in [6.45, 7) is 0. The third-order valence-corrected chi connectivity index (χ3v) is 5.10. The van der Waals surface area contributed by atoms with Gasteiger partial charge >= 0.3 is 11.3 Å². The molecule has 1 aromatic rings. The Balaban J connectivity index is 2.50. The summed E-state index contributed by atoms with van der Waals surface area (Å²) in [6, 6.07) is 0. The lowest BCUT2D eigenvalue weighted by atomic mass is 10.2. The summed E-state index contributed by atoms with van der Waals surface area (Å²) < 4.78 is 0.671. The molecule has 0 spiro atoms. The van der Waals surface area contributed by atoms with Gasteiger partial charge in [0.25, 0.3) is 0 Å². The van der Waals surface area contributed by atoms with Crippen molar-refractivity contribution in [2.24, 2.45) is 0 Å². The zero-order chi connectivity index (χ0) is 10.3. The van der Waals surface area contributed by atoms with E-state index in [2.05, 4.69) is 0 Å². The van der Waals surface area contributed by atoms with E-state index < -0.39 is 22.2 Å². The van der Waals surface area contributed by atoms with E-state index in [1.54, 1.807) is 11.5 Å². The Kier molecular flexibility index (Phi) is 2.09. The molecule has 0 aromatic carbocycles. The van der Waals surface area contributed by atoms with Crippen LogP contribution in [0.5, 0.6) is 0 Å². The number of thiol groups is 1. The molecule has 0 bridgehead atoms. The second kappa shape index (κ2) is 3.14. The maximum Gasteiger partial charge on any atom is 0.352 e. The molecule has 0 aliphatic carbocycles. The lowest BCUT2D eigenvalue weighted by Crippen LogP contribution is -1.95. The van der Waals surface area contributed by atoms with E-state index in [-0.39, 0.29) is 5.56 Å². The summed E-state index contributed by atoms with van der Waals surface area (Å²) in [4.78, 5) is 21.5.